The molecule has 3 aromatic carbocycles. The average molecular weight is 552 g/mol. The molecule has 0 amide bonds. The van der Waals surface area contributed by atoms with Crippen molar-refractivity contribution in [2.24, 2.45) is 0 Å². The number of alkyl halides is 6. The molecule has 0 heterocycles. The summed E-state index contributed by atoms with van der Waals surface area (Å²) in [4.78, 5) is 24.9. The first-order valence-electron chi connectivity index (χ1n) is 11.1. The first-order chi connectivity index (χ1) is 18.9. The van der Waals surface area contributed by atoms with Gasteiger partial charge in [-0.3, -0.25) is 0 Å². The lowest BCUT2D eigenvalue weighted by atomic mass is 9.90. The standard InChI is InChI=1S/C28H10F6N2O4/c29-27(30,31)39-25(37)19(11-35)21-15-7-3-4-8-16(15)22-18(21)10-9-17-13-5-1-2-6-14(13)23(24(17)22)20(12-36)26(38)40-28(32,33)34/h1-10H/b21-19-,23-20-. The monoisotopic (exact) mass is 552 g/mol. The van der Waals surface area contributed by atoms with Crippen molar-refractivity contribution in [1.82, 2.24) is 0 Å². The maximum Gasteiger partial charge on any atom is 0.575 e. The number of nitriles is 2. The summed E-state index contributed by atoms with van der Waals surface area (Å²) >= 11 is 0. The van der Waals surface area contributed by atoms with Crippen LogP contribution in [0.2, 0.25) is 0 Å². The Labute approximate surface area is 220 Å². The van der Waals surface area contributed by atoms with Gasteiger partial charge in [0.05, 0.1) is 0 Å². The number of carbonyl (C=O) groups is 2. The SMILES string of the molecule is N#C/C(C(=O)OC(F)(F)F)=C1\c2ccccc2-c2c1ccc1c2/C(=C(/C#N)C(=O)OC(F)(F)F)c2ccccc2-1. The molecule has 40 heavy (non-hydrogen) atoms. The minimum absolute atomic E-state index is 0.0717. The lowest BCUT2D eigenvalue weighted by Gasteiger charge is -2.13. The zero-order chi connectivity index (χ0) is 29.0. The largest absolute Gasteiger partial charge is 0.575 e. The van der Waals surface area contributed by atoms with E-state index in [-0.39, 0.29) is 39.0 Å². The predicted octanol–water partition coefficient (Wildman–Crippen LogP) is 6.42. The highest BCUT2D eigenvalue weighted by molar-refractivity contribution is 6.20. The second-order valence-corrected chi connectivity index (χ2v) is 8.40. The Kier molecular flexibility index (Phi) is 6.00. The van der Waals surface area contributed by atoms with Crippen LogP contribution in [0, 0.1) is 22.7 Å². The van der Waals surface area contributed by atoms with Gasteiger partial charge >= 0.3 is 24.7 Å². The van der Waals surface area contributed by atoms with E-state index in [4.69, 9.17) is 0 Å². The summed E-state index contributed by atoms with van der Waals surface area (Å²) in [6.07, 6.45) is -10.8. The minimum Gasteiger partial charge on any atom is -0.369 e. The number of halogens is 6. The van der Waals surface area contributed by atoms with Gasteiger partial charge in [-0.25, -0.2) is 9.59 Å². The smallest absolute Gasteiger partial charge is 0.369 e. The van der Waals surface area contributed by atoms with Crippen molar-refractivity contribution in [2.45, 2.75) is 12.7 Å². The predicted molar refractivity (Wildman–Crippen MR) is 125 cm³/mol. The molecule has 0 atom stereocenters. The van der Waals surface area contributed by atoms with Crippen LogP contribution in [-0.2, 0) is 19.1 Å². The fourth-order valence-corrected chi connectivity index (χ4v) is 4.96. The summed E-state index contributed by atoms with van der Waals surface area (Å²) in [7, 11) is 0. The van der Waals surface area contributed by atoms with Crippen molar-refractivity contribution >= 4 is 23.1 Å². The Morgan fingerprint density at radius 1 is 0.550 bits per heavy atom. The Balaban J connectivity index is 1.88. The van der Waals surface area contributed by atoms with Crippen molar-refractivity contribution in [2.75, 3.05) is 0 Å². The third-order valence-electron chi connectivity index (χ3n) is 6.23. The van der Waals surface area contributed by atoms with Crippen LogP contribution >= 0.6 is 0 Å². The summed E-state index contributed by atoms with van der Waals surface area (Å²) in [5, 5.41) is 19.5. The molecule has 0 spiro atoms. The van der Waals surface area contributed by atoms with E-state index in [0.29, 0.717) is 16.7 Å². The van der Waals surface area contributed by atoms with Gasteiger partial charge in [-0.15, -0.1) is 26.3 Å². The number of hydrogen-bond donors (Lipinski definition) is 0. The van der Waals surface area contributed by atoms with Crippen molar-refractivity contribution in [3.63, 3.8) is 0 Å². The van der Waals surface area contributed by atoms with Crippen molar-refractivity contribution in [3.8, 4) is 34.4 Å². The van der Waals surface area contributed by atoms with Crippen LogP contribution in [0.1, 0.15) is 22.3 Å². The molecule has 6 nitrogen and oxygen atoms in total. The summed E-state index contributed by atoms with van der Waals surface area (Å²) in [5.74, 6) is -3.92. The fraction of sp³-hybridized carbons (Fsp3) is 0.0714. The highest BCUT2D eigenvalue weighted by atomic mass is 19.4. The Morgan fingerprint density at radius 3 is 1.48 bits per heavy atom. The van der Waals surface area contributed by atoms with E-state index in [9.17, 15) is 46.5 Å². The first kappa shape index (κ1) is 26.3. The molecule has 12 heteroatoms. The highest BCUT2D eigenvalue weighted by Crippen LogP contribution is 2.56. The molecule has 5 rings (SSSR count). The number of carbonyl (C=O) groups excluding carboxylic acids is 2. The second-order valence-electron chi connectivity index (χ2n) is 8.40. The normalized spacial score (nSPS) is 15.5. The van der Waals surface area contributed by atoms with Gasteiger partial charge in [0.2, 0.25) is 0 Å². The van der Waals surface area contributed by atoms with E-state index in [1.807, 2.05) is 0 Å². The van der Waals surface area contributed by atoms with Crippen molar-refractivity contribution in [1.29, 1.82) is 10.5 Å². The van der Waals surface area contributed by atoms with Crippen molar-refractivity contribution in [3.05, 3.63) is 94.1 Å². The van der Waals surface area contributed by atoms with Gasteiger partial charge < -0.3 is 9.47 Å². The number of nitrogens with zero attached hydrogens (tertiary/aromatic N) is 2. The van der Waals surface area contributed by atoms with Crippen LogP contribution in [0.4, 0.5) is 26.3 Å². The van der Waals surface area contributed by atoms with Gasteiger partial charge in [-0.2, -0.15) is 10.5 Å². The first-order valence-corrected chi connectivity index (χ1v) is 11.1. The summed E-state index contributed by atoms with van der Waals surface area (Å²) in [6.45, 7) is 0. The van der Waals surface area contributed by atoms with Crippen LogP contribution in [0.3, 0.4) is 0 Å². The molecular formula is C28H10F6N2O4. The van der Waals surface area contributed by atoms with Gasteiger partial charge in [-0.1, -0.05) is 60.7 Å². The van der Waals surface area contributed by atoms with E-state index in [1.165, 1.54) is 54.6 Å². The van der Waals surface area contributed by atoms with Gasteiger partial charge in [0.25, 0.3) is 0 Å². The minimum atomic E-state index is -5.39. The Bertz CT molecular complexity index is 1790. The van der Waals surface area contributed by atoms with Crippen molar-refractivity contribution < 1.29 is 45.4 Å². The van der Waals surface area contributed by atoms with Crippen LogP contribution in [0.5, 0.6) is 0 Å². The van der Waals surface area contributed by atoms with Gasteiger partial charge in [-0.05, 0) is 38.9 Å². The quantitative estimate of drug-likeness (QED) is 0.108. The van der Waals surface area contributed by atoms with E-state index in [0.717, 1.165) is 0 Å². The maximum atomic E-state index is 12.9. The molecular weight excluding hydrogens is 542 g/mol. The van der Waals surface area contributed by atoms with E-state index in [2.05, 4.69) is 9.47 Å². The average Bonchev–Trinajstić information content (AvgIpc) is 3.37. The summed E-state index contributed by atoms with van der Waals surface area (Å²) in [5.41, 5.74) is -0.451. The molecule has 0 saturated heterocycles. The second kappa shape index (κ2) is 9.13. The molecule has 0 radical (unpaired) electrons. The number of rotatable bonds is 2. The molecule has 0 bridgehead atoms. The van der Waals surface area contributed by atoms with Gasteiger partial charge in [0.15, 0.2) is 0 Å². The van der Waals surface area contributed by atoms with Crippen LogP contribution in [0.15, 0.2) is 71.8 Å². The molecule has 0 saturated carbocycles. The third kappa shape index (κ3) is 4.25. The molecule has 0 N–H and O–H groups in total. The summed E-state index contributed by atoms with van der Waals surface area (Å²) < 4.78 is 84.4. The molecule has 2 aliphatic rings. The molecule has 0 fully saturated rings. The number of esters is 2. The molecule has 2 aliphatic carbocycles. The number of fused-ring (bicyclic) bond motifs is 7. The molecule has 198 valence electrons. The van der Waals surface area contributed by atoms with E-state index < -0.39 is 35.8 Å². The molecule has 0 unspecified atom stereocenters. The maximum absolute atomic E-state index is 12.9. The lowest BCUT2D eigenvalue weighted by Crippen LogP contribution is -2.21. The van der Waals surface area contributed by atoms with Crippen LogP contribution in [0.25, 0.3) is 33.4 Å². The van der Waals surface area contributed by atoms with Crippen LogP contribution in [-0.4, -0.2) is 24.7 Å². The fourth-order valence-electron chi connectivity index (χ4n) is 4.96. The third-order valence-corrected chi connectivity index (χ3v) is 6.23. The lowest BCUT2D eigenvalue weighted by molar-refractivity contribution is -0.304. The van der Waals surface area contributed by atoms with Gasteiger partial charge in [0.1, 0.15) is 23.3 Å². The zero-order valence-corrected chi connectivity index (χ0v) is 19.6. The number of benzene rings is 3. The Morgan fingerprint density at radius 2 is 0.975 bits per heavy atom. The molecule has 0 aromatic heterocycles. The number of hydrogen-bond acceptors (Lipinski definition) is 6. The van der Waals surface area contributed by atoms with Crippen LogP contribution < -0.4 is 0 Å². The summed E-state index contributed by atoms with van der Waals surface area (Å²) in [6, 6.07) is 18.1. The molecule has 0 aliphatic heterocycles. The zero-order valence-electron chi connectivity index (χ0n) is 19.6. The Hall–Kier alpha value is -5.36. The van der Waals surface area contributed by atoms with E-state index in [1.54, 1.807) is 18.2 Å². The highest BCUT2D eigenvalue weighted by Gasteiger charge is 2.42. The number of ether oxygens (including phenoxy) is 2. The molecule has 3 aromatic rings. The van der Waals surface area contributed by atoms with E-state index >= 15 is 0 Å². The van der Waals surface area contributed by atoms with Gasteiger partial charge in [0, 0.05) is 16.7 Å². The topological polar surface area (TPSA) is 100 Å².